The van der Waals surface area contributed by atoms with Crippen molar-refractivity contribution in [2.75, 3.05) is 17.4 Å². The Morgan fingerprint density at radius 1 is 0.895 bits per heavy atom. The number of amides is 2. The van der Waals surface area contributed by atoms with Crippen molar-refractivity contribution in [3.63, 3.8) is 0 Å². The van der Waals surface area contributed by atoms with Crippen LogP contribution in [0.1, 0.15) is 32.8 Å². The van der Waals surface area contributed by atoms with Crippen molar-refractivity contribution >= 4 is 27.5 Å². The Balaban J connectivity index is 1.95. The number of sulfonamides is 1. The maximum absolute atomic E-state index is 13.8. The standard InChI is InChI=1S/C29H34FN3O4S/c1-4-22(2)31-29(35)23(3)32(20-19-24-11-7-5-8-12-24)28(34)21-33(26-17-15-25(30)16-18-26)38(36,37)27-13-9-6-10-14-27/h5-18,22-23H,4,19-21H2,1-3H3,(H,31,35)/t22-,23-/m1/s1. The molecule has 202 valence electrons. The van der Waals surface area contributed by atoms with E-state index in [2.05, 4.69) is 5.32 Å². The van der Waals surface area contributed by atoms with E-state index in [4.69, 9.17) is 0 Å². The van der Waals surface area contributed by atoms with Gasteiger partial charge in [-0.2, -0.15) is 0 Å². The third-order valence-electron chi connectivity index (χ3n) is 6.38. The molecule has 0 saturated heterocycles. The average Bonchev–Trinajstić information content (AvgIpc) is 2.93. The summed E-state index contributed by atoms with van der Waals surface area (Å²) >= 11 is 0. The fourth-order valence-corrected chi connectivity index (χ4v) is 5.33. The molecule has 0 aliphatic rings. The zero-order valence-electron chi connectivity index (χ0n) is 21.9. The second kappa shape index (κ2) is 13.2. The summed E-state index contributed by atoms with van der Waals surface area (Å²) in [5.74, 6) is -1.39. The van der Waals surface area contributed by atoms with Crippen LogP contribution in [0.5, 0.6) is 0 Å². The quantitative estimate of drug-likeness (QED) is 0.370. The van der Waals surface area contributed by atoms with Gasteiger partial charge in [0.15, 0.2) is 0 Å². The van der Waals surface area contributed by atoms with Gasteiger partial charge >= 0.3 is 0 Å². The minimum Gasteiger partial charge on any atom is -0.352 e. The van der Waals surface area contributed by atoms with Gasteiger partial charge in [0.2, 0.25) is 11.8 Å². The van der Waals surface area contributed by atoms with Crippen molar-refractivity contribution in [1.82, 2.24) is 10.2 Å². The summed E-state index contributed by atoms with van der Waals surface area (Å²) in [6.45, 7) is 5.11. The molecular formula is C29H34FN3O4S. The van der Waals surface area contributed by atoms with Crippen LogP contribution in [0.2, 0.25) is 0 Å². The van der Waals surface area contributed by atoms with E-state index in [-0.39, 0.29) is 29.1 Å². The molecule has 0 radical (unpaired) electrons. The molecule has 0 spiro atoms. The van der Waals surface area contributed by atoms with E-state index < -0.39 is 34.3 Å². The summed E-state index contributed by atoms with van der Waals surface area (Å²) in [4.78, 5) is 28.2. The van der Waals surface area contributed by atoms with Gasteiger partial charge in [-0.1, -0.05) is 55.5 Å². The van der Waals surface area contributed by atoms with Crippen molar-refractivity contribution in [1.29, 1.82) is 0 Å². The largest absolute Gasteiger partial charge is 0.352 e. The predicted molar refractivity (Wildman–Crippen MR) is 147 cm³/mol. The van der Waals surface area contributed by atoms with Gasteiger partial charge in [0.05, 0.1) is 10.6 Å². The summed E-state index contributed by atoms with van der Waals surface area (Å²) < 4.78 is 41.9. The number of hydrogen-bond donors (Lipinski definition) is 1. The van der Waals surface area contributed by atoms with Crippen LogP contribution >= 0.6 is 0 Å². The molecule has 0 saturated carbocycles. The fourth-order valence-electron chi connectivity index (χ4n) is 3.89. The molecule has 3 aromatic rings. The van der Waals surface area contributed by atoms with E-state index in [1.807, 2.05) is 44.2 Å². The number of nitrogens with one attached hydrogen (secondary N) is 1. The lowest BCUT2D eigenvalue weighted by molar-refractivity contribution is -0.139. The van der Waals surface area contributed by atoms with Crippen LogP contribution in [-0.2, 0) is 26.0 Å². The van der Waals surface area contributed by atoms with Crippen molar-refractivity contribution < 1.29 is 22.4 Å². The SMILES string of the molecule is CC[C@@H](C)NC(=O)[C@@H](C)N(CCc1ccccc1)C(=O)CN(c1ccc(F)cc1)S(=O)(=O)c1ccccc1. The highest BCUT2D eigenvalue weighted by molar-refractivity contribution is 7.92. The first kappa shape index (κ1) is 28.8. The molecule has 3 rings (SSSR count). The third-order valence-corrected chi connectivity index (χ3v) is 8.17. The number of hydrogen-bond acceptors (Lipinski definition) is 4. The van der Waals surface area contributed by atoms with E-state index in [0.29, 0.717) is 6.42 Å². The molecule has 0 fully saturated rings. The lowest BCUT2D eigenvalue weighted by Crippen LogP contribution is -2.53. The second-order valence-corrected chi connectivity index (χ2v) is 11.0. The van der Waals surface area contributed by atoms with Crippen LogP contribution < -0.4 is 9.62 Å². The van der Waals surface area contributed by atoms with Gasteiger partial charge in [-0.15, -0.1) is 0 Å². The molecule has 7 nitrogen and oxygen atoms in total. The Morgan fingerprint density at radius 2 is 1.47 bits per heavy atom. The summed E-state index contributed by atoms with van der Waals surface area (Å²) in [5.41, 5.74) is 1.12. The molecule has 1 N–H and O–H groups in total. The topological polar surface area (TPSA) is 86.8 Å². The molecule has 0 aliphatic carbocycles. The van der Waals surface area contributed by atoms with Crippen LogP contribution in [-0.4, -0.2) is 50.3 Å². The van der Waals surface area contributed by atoms with Crippen LogP contribution in [0, 0.1) is 5.82 Å². The van der Waals surface area contributed by atoms with E-state index in [9.17, 15) is 22.4 Å². The lowest BCUT2D eigenvalue weighted by atomic mass is 10.1. The predicted octanol–water partition coefficient (Wildman–Crippen LogP) is 4.40. The van der Waals surface area contributed by atoms with Gasteiger partial charge in [0, 0.05) is 12.6 Å². The van der Waals surface area contributed by atoms with Gasteiger partial charge < -0.3 is 10.2 Å². The van der Waals surface area contributed by atoms with Crippen LogP contribution in [0.25, 0.3) is 0 Å². The van der Waals surface area contributed by atoms with E-state index in [1.165, 1.54) is 29.2 Å². The fraction of sp³-hybridized carbons (Fsp3) is 0.310. The Hall–Kier alpha value is -3.72. The first-order chi connectivity index (χ1) is 18.1. The second-order valence-electron chi connectivity index (χ2n) is 9.12. The maximum Gasteiger partial charge on any atom is 0.264 e. The highest BCUT2D eigenvalue weighted by Gasteiger charge is 2.32. The van der Waals surface area contributed by atoms with E-state index in [1.54, 1.807) is 25.1 Å². The minimum atomic E-state index is -4.17. The van der Waals surface area contributed by atoms with Gasteiger partial charge in [-0.3, -0.25) is 13.9 Å². The monoisotopic (exact) mass is 539 g/mol. The molecule has 3 aromatic carbocycles. The Kier molecular flexibility index (Phi) is 10.0. The first-order valence-corrected chi connectivity index (χ1v) is 14.0. The van der Waals surface area contributed by atoms with Gasteiger partial charge in [-0.05, 0) is 68.7 Å². The first-order valence-electron chi connectivity index (χ1n) is 12.6. The molecule has 0 aromatic heterocycles. The van der Waals surface area contributed by atoms with E-state index >= 15 is 0 Å². The lowest BCUT2D eigenvalue weighted by Gasteiger charge is -2.32. The number of carbonyl (C=O) groups excluding carboxylic acids is 2. The number of carbonyl (C=O) groups is 2. The Morgan fingerprint density at radius 3 is 2.05 bits per heavy atom. The summed E-state index contributed by atoms with van der Waals surface area (Å²) in [6.07, 6.45) is 1.21. The number of benzene rings is 3. The van der Waals surface area contributed by atoms with Gasteiger partial charge in [0.1, 0.15) is 18.4 Å². The smallest absolute Gasteiger partial charge is 0.264 e. The molecule has 38 heavy (non-hydrogen) atoms. The Bertz CT molecular complexity index is 1300. The molecule has 2 amide bonds. The third kappa shape index (κ3) is 7.41. The molecule has 0 bridgehead atoms. The maximum atomic E-state index is 13.8. The molecule has 0 aliphatic heterocycles. The minimum absolute atomic E-state index is 0.00415. The molecule has 9 heteroatoms. The average molecular weight is 540 g/mol. The zero-order chi connectivity index (χ0) is 27.7. The zero-order valence-corrected chi connectivity index (χ0v) is 22.7. The highest BCUT2D eigenvalue weighted by Crippen LogP contribution is 2.24. The van der Waals surface area contributed by atoms with Crippen LogP contribution in [0.15, 0.2) is 89.8 Å². The number of rotatable bonds is 12. The number of anilines is 1. The molecule has 0 heterocycles. The normalized spacial score (nSPS) is 12.8. The van der Waals surface area contributed by atoms with Crippen molar-refractivity contribution in [2.45, 2.75) is 50.6 Å². The van der Waals surface area contributed by atoms with Crippen LogP contribution in [0.4, 0.5) is 10.1 Å². The van der Waals surface area contributed by atoms with Crippen molar-refractivity contribution in [3.05, 3.63) is 96.3 Å². The van der Waals surface area contributed by atoms with Crippen LogP contribution in [0.3, 0.4) is 0 Å². The van der Waals surface area contributed by atoms with Crippen molar-refractivity contribution in [3.8, 4) is 0 Å². The van der Waals surface area contributed by atoms with Crippen molar-refractivity contribution in [2.24, 2.45) is 0 Å². The van der Waals surface area contributed by atoms with Gasteiger partial charge in [-0.25, -0.2) is 12.8 Å². The number of halogens is 1. The van der Waals surface area contributed by atoms with E-state index in [0.717, 1.165) is 28.4 Å². The molecule has 2 atom stereocenters. The molecular weight excluding hydrogens is 505 g/mol. The summed E-state index contributed by atoms with van der Waals surface area (Å²) in [5, 5.41) is 2.90. The Labute approximate surface area is 224 Å². The molecule has 0 unspecified atom stereocenters. The highest BCUT2D eigenvalue weighted by atomic mass is 32.2. The number of nitrogens with zero attached hydrogens (tertiary/aromatic N) is 2. The summed E-state index contributed by atoms with van der Waals surface area (Å²) in [7, 11) is -4.17. The summed E-state index contributed by atoms with van der Waals surface area (Å²) in [6, 6.07) is 21.3. The van der Waals surface area contributed by atoms with Gasteiger partial charge in [0.25, 0.3) is 10.0 Å².